The number of nitrogens with one attached hydrogen (secondary N) is 8. The number of hydrogen-bond acceptors (Lipinski definition) is 34. The third kappa shape index (κ3) is 75.6. The molecule has 0 saturated heterocycles. The maximum atomic E-state index is 11.8. The van der Waals surface area contributed by atoms with Gasteiger partial charge in [0.05, 0.1) is 119 Å². The molecule has 0 fully saturated rings. The maximum Gasteiger partial charge on any atom is 0.253 e. The molecular weight excluding hydrogens is 1730 g/mol. The standard InChI is InChI=1S/C23H37N3O7S2.C22H35N3O9.C19H29N3O5S2.C18H27N3O7/c1-20(27)24-9-12-31-16-17-33-19-21(28)5-4-11-30-14-15-32-13-10-25-22(29)7-18-34-35-23-6-2-3-8-26-23;1-18(26)23-7-11-32-15-16-34-17-19(27)3-2-10-31-13-14-33-12-8-24-20(28)6-9-25-21(29)4-5-22(25)30;1-16(23)20-10-11-26-12-13-27-15-17(24)5-4-9-21-18(25)7-14-28-29-19-6-2-3-8-22-19;1-14(22)19-8-10-27-11-12-28-13-15(23)3-2-7-20-16(24)6-9-21-17(25)4-5-18(21)26/h2-3,6,8H,4-5,7,9-19H2,1H3,(H,24,27)(H,25,29);4-5H,2-3,6-17H2,1H3,(H,23,26)(H,24,28);2-3,6,8H,4-5,7,9-15H2,1H3,(H,20,23)(H,21,25);4-5H,2-3,6-13H2,1H3,(H,19,22)(H,20,24). The number of Topliss-reactive ketones (excluding diaryl/α,β-unsaturated/α-hetero) is 4. The molecule has 126 heavy (non-hydrogen) atoms. The molecule has 2 aliphatic heterocycles. The van der Waals surface area contributed by atoms with Crippen LogP contribution < -0.4 is 42.5 Å². The Kier molecular flexibility index (Phi) is 75.2. The molecule has 0 aromatic carbocycles. The predicted octanol–water partition coefficient (Wildman–Crippen LogP) is 1.63. The molecule has 2 aromatic rings. The van der Waals surface area contributed by atoms with Crippen LogP contribution >= 0.6 is 43.2 Å². The summed E-state index contributed by atoms with van der Waals surface area (Å²) in [4.78, 5) is 192. The Bertz CT molecular complexity index is 3460. The van der Waals surface area contributed by atoms with Crippen molar-refractivity contribution in [1.82, 2.24) is 62.3 Å². The molecule has 4 rings (SSSR count). The van der Waals surface area contributed by atoms with Gasteiger partial charge < -0.3 is 99.4 Å². The molecule has 0 aliphatic carbocycles. The van der Waals surface area contributed by atoms with Gasteiger partial charge in [-0.25, -0.2) is 9.97 Å². The van der Waals surface area contributed by atoms with Gasteiger partial charge in [-0.15, -0.1) is 0 Å². The molecule has 0 radical (unpaired) electrons. The normalized spacial score (nSPS) is 11.8. The molecule has 12 amide bonds. The van der Waals surface area contributed by atoms with Crippen molar-refractivity contribution in [2.75, 3.05) is 236 Å². The highest BCUT2D eigenvalue weighted by molar-refractivity contribution is 8.77. The van der Waals surface area contributed by atoms with Crippen LogP contribution in [0.4, 0.5) is 0 Å². The van der Waals surface area contributed by atoms with Crippen LogP contribution in [0, 0.1) is 0 Å². The van der Waals surface area contributed by atoms with Crippen LogP contribution in [0.15, 0.2) is 83.1 Å². The second-order valence-corrected chi connectivity index (χ2v) is 31.4. The van der Waals surface area contributed by atoms with Crippen molar-refractivity contribution in [3.8, 4) is 0 Å². The highest BCUT2D eigenvalue weighted by atomic mass is 33.1. The third-order valence-electron chi connectivity index (χ3n) is 15.6. The zero-order valence-electron chi connectivity index (χ0n) is 72.7. The Morgan fingerprint density at radius 3 is 0.802 bits per heavy atom. The number of carbonyl (C=O) groups is 16. The van der Waals surface area contributed by atoms with Gasteiger partial charge in [0.15, 0.2) is 23.1 Å². The average molecular weight is 1860 g/mol. The summed E-state index contributed by atoms with van der Waals surface area (Å²) in [5.74, 6) is -1.26. The smallest absolute Gasteiger partial charge is 0.253 e. The number of hydrogen-bond donors (Lipinski definition) is 8. The Morgan fingerprint density at radius 2 is 0.532 bits per heavy atom. The third-order valence-corrected chi connectivity index (χ3v) is 20.1. The van der Waals surface area contributed by atoms with Crippen LogP contribution in [0.2, 0.25) is 0 Å². The van der Waals surface area contributed by atoms with E-state index in [1.807, 2.05) is 36.4 Å². The van der Waals surface area contributed by atoms with Crippen molar-refractivity contribution in [1.29, 1.82) is 0 Å². The number of aromatic nitrogens is 2. The first-order valence-electron chi connectivity index (χ1n) is 41.5. The molecule has 0 saturated carbocycles. The first-order valence-corrected chi connectivity index (χ1v) is 46.1. The second kappa shape index (κ2) is 82.1. The summed E-state index contributed by atoms with van der Waals surface area (Å²) in [5, 5.41) is 23.2. The minimum Gasteiger partial charge on any atom is -0.379 e. The van der Waals surface area contributed by atoms with E-state index in [1.54, 1.807) is 55.6 Å². The molecule has 708 valence electrons. The van der Waals surface area contributed by atoms with Gasteiger partial charge in [0.25, 0.3) is 23.6 Å². The van der Waals surface area contributed by atoms with Crippen LogP contribution in [0.3, 0.4) is 0 Å². The molecule has 2 aliphatic rings. The molecule has 0 atom stereocenters. The van der Waals surface area contributed by atoms with Crippen molar-refractivity contribution < 1.29 is 134 Å². The topological polar surface area (TPSA) is 512 Å². The van der Waals surface area contributed by atoms with Gasteiger partial charge in [-0.2, -0.15) is 0 Å². The van der Waals surface area contributed by atoms with E-state index in [2.05, 4.69) is 52.5 Å². The number of pyridine rings is 2. The first kappa shape index (κ1) is 115. The molecular formula is C82H128N12O28S4. The minimum absolute atomic E-state index is 0.000174. The molecule has 0 bridgehead atoms. The van der Waals surface area contributed by atoms with Crippen molar-refractivity contribution >= 4 is 137 Å². The molecule has 8 N–H and O–H groups in total. The lowest BCUT2D eigenvalue weighted by Crippen LogP contribution is -2.35. The fourth-order valence-corrected chi connectivity index (χ4v) is 13.1. The van der Waals surface area contributed by atoms with E-state index in [0.717, 1.165) is 19.9 Å². The zero-order chi connectivity index (χ0) is 92.4. The summed E-state index contributed by atoms with van der Waals surface area (Å²) in [5.41, 5.74) is 0. The highest BCUT2D eigenvalue weighted by Gasteiger charge is 2.25. The van der Waals surface area contributed by atoms with Crippen molar-refractivity contribution in [2.24, 2.45) is 0 Å². The fourth-order valence-electron chi connectivity index (χ4n) is 9.40. The summed E-state index contributed by atoms with van der Waals surface area (Å²) < 4.78 is 63.5. The quantitative estimate of drug-likeness (QED) is 0.0265. The highest BCUT2D eigenvalue weighted by Crippen LogP contribution is 2.30. The molecule has 2 aromatic heterocycles. The van der Waals surface area contributed by atoms with Crippen LogP contribution in [-0.2, 0) is 134 Å². The number of ketones is 4. The predicted molar refractivity (Wildman–Crippen MR) is 469 cm³/mol. The van der Waals surface area contributed by atoms with Crippen molar-refractivity contribution in [2.45, 2.75) is 115 Å². The first-order chi connectivity index (χ1) is 60.9. The van der Waals surface area contributed by atoms with E-state index >= 15 is 0 Å². The Hall–Kier alpha value is -8.58. The number of rotatable bonds is 76. The van der Waals surface area contributed by atoms with Gasteiger partial charge >= 0.3 is 0 Å². The van der Waals surface area contributed by atoms with Crippen LogP contribution in [-0.4, -0.2) is 349 Å². The molecule has 40 nitrogen and oxygen atoms in total. The van der Waals surface area contributed by atoms with E-state index in [1.165, 1.54) is 52.0 Å². The lowest BCUT2D eigenvalue weighted by Gasteiger charge is -2.13. The van der Waals surface area contributed by atoms with Gasteiger partial charge in [-0.3, -0.25) is 86.5 Å². The molecule has 44 heteroatoms. The van der Waals surface area contributed by atoms with E-state index in [9.17, 15) is 76.7 Å². The van der Waals surface area contributed by atoms with Crippen molar-refractivity contribution in [3.05, 3.63) is 73.1 Å². The largest absolute Gasteiger partial charge is 0.379 e. The lowest BCUT2D eigenvalue weighted by molar-refractivity contribution is -0.139. The van der Waals surface area contributed by atoms with E-state index in [0.29, 0.717) is 247 Å². The number of nitrogens with zero attached hydrogens (tertiary/aromatic N) is 4. The monoisotopic (exact) mass is 1860 g/mol. The van der Waals surface area contributed by atoms with Gasteiger partial charge in [0.1, 0.15) is 36.5 Å². The number of imide groups is 2. The van der Waals surface area contributed by atoms with Crippen LogP contribution in [0.25, 0.3) is 0 Å². The van der Waals surface area contributed by atoms with Gasteiger partial charge in [-0.1, -0.05) is 33.7 Å². The number of carbonyl (C=O) groups excluding carboxylic acids is 16. The van der Waals surface area contributed by atoms with Gasteiger partial charge in [-0.05, 0) is 71.5 Å². The molecule has 4 heterocycles. The van der Waals surface area contributed by atoms with Crippen LogP contribution in [0.5, 0.6) is 0 Å². The van der Waals surface area contributed by atoms with E-state index in [-0.39, 0.29) is 136 Å². The fraction of sp³-hybridized carbons (Fsp3) is 0.634. The Morgan fingerprint density at radius 1 is 0.286 bits per heavy atom. The Balaban J connectivity index is 0.000000843. The number of ether oxygens (including phenoxy) is 12. The van der Waals surface area contributed by atoms with Crippen LogP contribution in [0.1, 0.15) is 105 Å². The van der Waals surface area contributed by atoms with Gasteiger partial charge in [0.2, 0.25) is 47.3 Å². The molecule has 0 spiro atoms. The summed E-state index contributed by atoms with van der Waals surface area (Å²) >= 11 is 0. The summed E-state index contributed by atoms with van der Waals surface area (Å²) in [7, 11) is 6.31. The van der Waals surface area contributed by atoms with Crippen molar-refractivity contribution in [3.63, 3.8) is 0 Å². The summed E-state index contributed by atoms with van der Waals surface area (Å²) in [6, 6.07) is 11.5. The van der Waals surface area contributed by atoms with E-state index in [4.69, 9.17) is 56.8 Å². The number of amides is 12. The van der Waals surface area contributed by atoms with E-state index < -0.39 is 23.6 Å². The Labute approximate surface area is 752 Å². The molecule has 0 unspecified atom stereocenters. The maximum absolute atomic E-state index is 11.8. The summed E-state index contributed by atoms with van der Waals surface area (Å²) in [6.07, 6.45) is 12.8. The van der Waals surface area contributed by atoms with Gasteiger partial charge in [0, 0.05) is 206 Å². The minimum atomic E-state index is -0.415. The zero-order valence-corrected chi connectivity index (χ0v) is 76.0. The average Bonchev–Trinajstić information content (AvgIpc) is 1.74. The summed E-state index contributed by atoms with van der Waals surface area (Å²) in [6.45, 7) is 16.9. The second-order valence-electron chi connectivity index (χ2n) is 26.5. The lowest BCUT2D eigenvalue weighted by atomic mass is 10.2. The SMILES string of the molecule is CC(=O)NCCOCCOCC(=O)CCCNC(=O)CCN1C(=O)C=CC1=O.CC(=O)NCCOCCOCC(=O)CCCNC(=O)CCSSc1ccccn1.CC(=O)NCCOCCOCC(=O)CCCOCCOCCNC(=O)CCN1C(=O)C=CC1=O.CC(=O)NCCOCCOCC(=O)CCCOCCOCCNC(=O)CCSSc1ccccn1.